The van der Waals surface area contributed by atoms with Crippen molar-refractivity contribution in [2.75, 3.05) is 40.3 Å². The number of hydrogen-bond acceptors (Lipinski definition) is 2. The first-order valence-electron chi connectivity index (χ1n) is 7.26. The summed E-state index contributed by atoms with van der Waals surface area (Å²) in [5, 5.41) is 6.44. The summed E-state index contributed by atoms with van der Waals surface area (Å²) < 4.78 is 0. The molecule has 0 unspecified atom stereocenters. The Morgan fingerprint density at radius 2 is 2.00 bits per heavy atom. The van der Waals surface area contributed by atoms with Gasteiger partial charge in [0.1, 0.15) is 0 Å². The van der Waals surface area contributed by atoms with E-state index in [4.69, 9.17) is 0 Å². The van der Waals surface area contributed by atoms with E-state index in [0.29, 0.717) is 0 Å². The molecule has 0 radical (unpaired) electrons. The Hall–Kier alpha value is -0.770. The van der Waals surface area contributed by atoms with Crippen LogP contribution in [0.5, 0.6) is 0 Å². The molecule has 1 aliphatic rings. The van der Waals surface area contributed by atoms with Crippen molar-refractivity contribution in [1.82, 2.24) is 15.5 Å². The lowest BCUT2D eigenvalue weighted by atomic mass is 9.96. The largest absolute Gasteiger partial charge is 0.359 e. The molecule has 1 rings (SSSR count). The molecule has 1 aliphatic heterocycles. The maximum absolute atomic E-state index is 4.14. The minimum Gasteiger partial charge on any atom is -0.359 e. The summed E-state index contributed by atoms with van der Waals surface area (Å²) in [4.78, 5) is 6.75. The van der Waals surface area contributed by atoms with Crippen molar-refractivity contribution in [3.63, 3.8) is 0 Å². The van der Waals surface area contributed by atoms with Crippen LogP contribution in [0.3, 0.4) is 0 Å². The summed E-state index contributed by atoms with van der Waals surface area (Å²) in [5.41, 5.74) is 0. The molecule has 4 nitrogen and oxygen atoms in total. The lowest BCUT2D eigenvalue weighted by molar-refractivity contribution is 0.177. The van der Waals surface area contributed by atoms with Crippen molar-refractivity contribution in [3.05, 3.63) is 0 Å². The van der Waals surface area contributed by atoms with Gasteiger partial charge in [-0.2, -0.15) is 0 Å². The van der Waals surface area contributed by atoms with E-state index >= 15 is 0 Å². The molecule has 0 aliphatic carbocycles. The van der Waals surface area contributed by atoms with Gasteiger partial charge in [-0.25, -0.2) is 0 Å². The number of guanidine groups is 1. The number of nitrogens with zero attached hydrogens (tertiary/aromatic N) is 2. The molecule has 0 spiro atoms. The van der Waals surface area contributed by atoms with Crippen molar-refractivity contribution >= 4 is 5.96 Å². The first-order valence-corrected chi connectivity index (χ1v) is 7.26. The maximum atomic E-state index is 4.14. The molecule has 0 amide bonds. The van der Waals surface area contributed by atoms with Crippen LogP contribution in [0, 0.1) is 11.8 Å². The smallest absolute Gasteiger partial charge is 0.190 e. The number of hydrogen-bond donors (Lipinski definition) is 2. The van der Waals surface area contributed by atoms with Crippen LogP contribution in [0.1, 0.15) is 33.1 Å². The van der Waals surface area contributed by atoms with Crippen molar-refractivity contribution < 1.29 is 0 Å². The molecule has 1 saturated heterocycles. The maximum Gasteiger partial charge on any atom is 0.190 e. The third-order valence-corrected chi connectivity index (χ3v) is 3.75. The quantitative estimate of drug-likeness (QED) is 0.577. The van der Waals surface area contributed by atoms with E-state index in [1.54, 1.807) is 0 Å². The Balaban J connectivity index is 2.15. The number of likely N-dealkylation sites (tertiary alicyclic amines) is 1. The fourth-order valence-electron chi connectivity index (χ4n) is 2.38. The van der Waals surface area contributed by atoms with Crippen LogP contribution < -0.4 is 10.6 Å². The minimum absolute atomic E-state index is 0.797. The monoisotopic (exact) mass is 254 g/mol. The van der Waals surface area contributed by atoms with Gasteiger partial charge in [0, 0.05) is 20.6 Å². The normalized spacial score (nSPS) is 19.3. The molecule has 0 aromatic rings. The molecule has 2 N–H and O–H groups in total. The fourth-order valence-corrected chi connectivity index (χ4v) is 2.38. The van der Waals surface area contributed by atoms with Crippen LogP contribution in [0.15, 0.2) is 4.99 Å². The highest BCUT2D eigenvalue weighted by atomic mass is 15.2. The zero-order chi connectivity index (χ0) is 13.4. The second kappa shape index (κ2) is 8.35. The van der Waals surface area contributed by atoms with Gasteiger partial charge >= 0.3 is 0 Å². The minimum atomic E-state index is 0.797. The Morgan fingerprint density at radius 3 is 2.50 bits per heavy atom. The van der Waals surface area contributed by atoms with E-state index in [0.717, 1.165) is 24.3 Å². The second-order valence-corrected chi connectivity index (χ2v) is 5.67. The van der Waals surface area contributed by atoms with Gasteiger partial charge in [0.2, 0.25) is 0 Å². The molecule has 106 valence electrons. The van der Waals surface area contributed by atoms with Gasteiger partial charge in [0.15, 0.2) is 5.96 Å². The summed E-state index contributed by atoms with van der Waals surface area (Å²) >= 11 is 0. The van der Waals surface area contributed by atoms with Gasteiger partial charge < -0.3 is 15.5 Å². The molecule has 1 fully saturated rings. The Bertz CT molecular complexity index is 242. The van der Waals surface area contributed by atoms with Crippen molar-refractivity contribution in [2.24, 2.45) is 16.8 Å². The van der Waals surface area contributed by atoms with Crippen molar-refractivity contribution in [3.8, 4) is 0 Å². The fraction of sp³-hybridized carbons (Fsp3) is 0.929. The van der Waals surface area contributed by atoms with E-state index in [1.165, 1.54) is 38.9 Å². The number of nitrogens with one attached hydrogen (secondary N) is 2. The van der Waals surface area contributed by atoms with E-state index in [1.807, 2.05) is 14.1 Å². The molecule has 1 heterocycles. The lowest BCUT2D eigenvalue weighted by Crippen LogP contribution is -2.42. The summed E-state index contributed by atoms with van der Waals surface area (Å²) in [5.74, 6) is 2.52. The van der Waals surface area contributed by atoms with Crippen LogP contribution in [0.25, 0.3) is 0 Å². The van der Waals surface area contributed by atoms with Crippen LogP contribution >= 0.6 is 0 Å². The van der Waals surface area contributed by atoms with Crippen LogP contribution in [0.2, 0.25) is 0 Å². The summed E-state index contributed by atoms with van der Waals surface area (Å²) in [6.07, 6.45) is 3.95. The van der Waals surface area contributed by atoms with Gasteiger partial charge in [0.25, 0.3) is 0 Å². The van der Waals surface area contributed by atoms with Gasteiger partial charge in [0.05, 0.1) is 0 Å². The third-order valence-electron chi connectivity index (χ3n) is 3.75. The van der Waals surface area contributed by atoms with Crippen molar-refractivity contribution in [2.45, 2.75) is 33.1 Å². The molecular weight excluding hydrogens is 224 g/mol. The highest BCUT2D eigenvalue weighted by Crippen LogP contribution is 2.17. The topological polar surface area (TPSA) is 39.7 Å². The van der Waals surface area contributed by atoms with E-state index in [2.05, 4.69) is 34.4 Å². The molecule has 4 heteroatoms. The summed E-state index contributed by atoms with van der Waals surface area (Å²) in [6.45, 7) is 9.45. The summed E-state index contributed by atoms with van der Waals surface area (Å²) in [7, 11) is 3.72. The summed E-state index contributed by atoms with van der Waals surface area (Å²) in [6, 6.07) is 0. The first-order chi connectivity index (χ1) is 8.65. The Morgan fingerprint density at radius 1 is 1.33 bits per heavy atom. The average Bonchev–Trinajstić information content (AvgIpc) is 2.39. The van der Waals surface area contributed by atoms with Gasteiger partial charge in [-0.3, -0.25) is 4.99 Å². The second-order valence-electron chi connectivity index (χ2n) is 5.67. The SMILES string of the molecule is CN=C(NC)NCC1CCN(CCC(C)C)CC1. The number of aliphatic imine (C=N–C) groups is 1. The van der Waals surface area contributed by atoms with Gasteiger partial charge in [-0.1, -0.05) is 13.8 Å². The number of piperidine rings is 1. The van der Waals surface area contributed by atoms with Crippen LogP contribution in [-0.4, -0.2) is 51.1 Å². The van der Waals surface area contributed by atoms with Crippen molar-refractivity contribution in [1.29, 1.82) is 0 Å². The van der Waals surface area contributed by atoms with E-state index in [9.17, 15) is 0 Å². The van der Waals surface area contributed by atoms with Gasteiger partial charge in [-0.05, 0) is 50.7 Å². The molecular formula is C14H30N4. The first kappa shape index (κ1) is 15.3. The Kier molecular flexibility index (Phi) is 7.09. The molecule has 0 bridgehead atoms. The lowest BCUT2D eigenvalue weighted by Gasteiger charge is -2.32. The van der Waals surface area contributed by atoms with Gasteiger partial charge in [-0.15, -0.1) is 0 Å². The molecule has 0 saturated carbocycles. The zero-order valence-corrected chi connectivity index (χ0v) is 12.5. The molecule has 0 atom stereocenters. The average molecular weight is 254 g/mol. The predicted molar refractivity (Wildman–Crippen MR) is 79.0 cm³/mol. The molecule has 0 aromatic heterocycles. The van der Waals surface area contributed by atoms with Crippen LogP contribution in [0.4, 0.5) is 0 Å². The zero-order valence-electron chi connectivity index (χ0n) is 12.5. The third kappa shape index (κ3) is 5.71. The number of rotatable bonds is 5. The Labute approximate surface area is 112 Å². The molecule has 0 aromatic carbocycles. The van der Waals surface area contributed by atoms with Crippen LogP contribution in [-0.2, 0) is 0 Å². The highest BCUT2D eigenvalue weighted by Gasteiger charge is 2.19. The van der Waals surface area contributed by atoms with E-state index < -0.39 is 0 Å². The standard InChI is InChI=1S/C14H30N4/c1-12(2)5-8-18-9-6-13(7-10-18)11-17-14(15-3)16-4/h12-13H,5-11H2,1-4H3,(H2,15,16,17). The van der Waals surface area contributed by atoms with E-state index in [-0.39, 0.29) is 0 Å². The predicted octanol–water partition coefficient (Wildman–Crippen LogP) is 1.54. The molecule has 18 heavy (non-hydrogen) atoms. The highest BCUT2D eigenvalue weighted by molar-refractivity contribution is 5.79.